The average molecular weight is 244 g/mol. The van der Waals surface area contributed by atoms with Gasteiger partial charge in [-0.2, -0.15) is 0 Å². The van der Waals surface area contributed by atoms with Crippen molar-refractivity contribution in [2.45, 2.75) is 32.2 Å². The van der Waals surface area contributed by atoms with Crippen LogP contribution in [-0.4, -0.2) is 27.8 Å². The molecule has 0 aromatic carbocycles. The molecule has 0 unspecified atom stereocenters. The summed E-state index contributed by atoms with van der Waals surface area (Å²) < 4.78 is 5.63. The van der Waals surface area contributed by atoms with Crippen molar-refractivity contribution < 1.29 is 4.42 Å². The summed E-state index contributed by atoms with van der Waals surface area (Å²) in [5, 5.41) is 11.5. The predicted octanol–water partition coefficient (Wildman–Crippen LogP) is 1.73. The van der Waals surface area contributed by atoms with Crippen LogP contribution in [0.4, 0.5) is 0 Å². The van der Waals surface area contributed by atoms with Gasteiger partial charge in [-0.05, 0) is 31.4 Å². The Balaban J connectivity index is 1.66. The number of nitrogens with one attached hydrogen (secondary N) is 1. The first-order chi connectivity index (χ1) is 8.83. The number of hydrogen-bond donors (Lipinski definition) is 1. The molecule has 2 heterocycles. The molecule has 5 nitrogen and oxygen atoms in total. The predicted molar refractivity (Wildman–Crippen MR) is 67.0 cm³/mol. The van der Waals surface area contributed by atoms with Crippen molar-refractivity contribution >= 4 is 0 Å². The summed E-state index contributed by atoms with van der Waals surface area (Å²) in [5.74, 6) is 1.18. The van der Waals surface area contributed by atoms with Crippen LogP contribution in [0.25, 0.3) is 11.6 Å². The SMILES string of the molecule is Cc1cccnc1-c1nnc(CCNC2CC2)o1. The van der Waals surface area contributed by atoms with Gasteiger partial charge in [0.25, 0.3) is 5.89 Å². The van der Waals surface area contributed by atoms with Crippen molar-refractivity contribution in [1.82, 2.24) is 20.5 Å². The van der Waals surface area contributed by atoms with Crippen LogP contribution in [0.1, 0.15) is 24.3 Å². The highest BCUT2D eigenvalue weighted by Gasteiger charge is 2.20. The molecule has 0 atom stereocenters. The first-order valence-corrected chi connectivity index (χ1v) is 6.30. The molecule has 18 heavy (non-hydrogen) atoms. The van der Waals surface area contributed by atoms with E-state index in [2.05, 4.69) is 20.5 Å². The molecule has 5 heteroatoms. The molecular formula is C13H16N4O. The van der Waals surface area contributed by atoms with E-state index in [1.807, 2.05) is 19.1 Å². The minimum absolute atomic E-state index is 0.509. The lowest BCUT2D eigenvalue weighted by Gasteiger charge is -1.99. The highest BCUT2D eigenvalue weighted by Crippen LogP contribution is 2.20. The molecule has 1 aliphatic carbocycles. The molecule has 1 fully saturated rings. The van der Waals surface area contributed by atoms with Crippen LogP contribution in [0.3, 0.4) is 0 Å². The molecule has 0 amide bonds. The molecule has 0 spiro atoms. The summed E-state index contributed by atoms with van der Waals surface area (Å²) in [6.45, 7) is 2.88. The van der Waals surface area contributed by atoms with Gasteiger partial charge in [-0.1, -0.05) is 6.07 Å². The third-order valence-corrected chi connectivity index (χ3v) is 3.03. The Morgan fingerprint density at radius 3 is 3.06 bits per heavy atom. The summed E-state index contributed by atoms with van der Waals surface area (Å²) in [7, 11) is 0. The van der Waals surface area contributed by atoms with Crippen LogP contribution in [0, 0.1) is 6.92 Å². The van der Waals surface area contributed by atoms with Crippen molar-refractivity contribution in [2.75, 3.05) is 6.54 Å². The number of pyridine rings is 1. The minimum atomic E-state index is 0.509. The van der Waals surface area contributed by atoms with Gasteiger partial charge in [-0.3, -0.25) is 4.98 Å². The van der Waals surface area contributed by atoms with E-state index in [0.717, 1.165) is 24.2 Å². The molecule has 1 aliphatic rings. The number of rotatable bonds is 5. The van der Waals surface area contributed by atoms with Crippen LogP contribution < -0.4 is 5.32 Å². The molecule has 0 bridgehead atoms. The number of aromatic nitrogens is 3. The van der Waals surface area contributed by atoms with Gasteiger partial charge in [0.05, 0.1) is 0 Å². The Kier molecular flexibility index (Phi) is 3.06. The van der Waals surface area contributed by atoms with Gasteiger partial charge in [0, 0.05) is 25.2 Å². The zero-order chi connectivity index (χ0) is 12.4. The fourth-order valence-corrected chi connectivity index (χ4v) is 1.83. The number of aryl methyl sites for hydroxylation is 1. The monoisotopic (exact) mass is 244 g/mol. The molecule has 94 valence electrons. The Morgan fingerprint density at radius 2 is 2.28 bits per heavy atom. The van der Waals surface area contributed by atoms with Crippen molar-refractivity contribution in [1.29, 1.82) is 0 Å². The maximum absolute atomic E-state index is 5.63. The smallest absolute Gasteiger partial charge is 0.266 e. The lowest BCUT2D eigenvalue weighted by molar-refractivity contribution is 0.492. The lowest BCUT2D eigenvalue weighted by atomic mass is 10.2. The van der Waals surface area contributed by atoms with E-state index in [-0.39, 0.29) is 0 Å². The van der Waals surface area contributed by atoms with Gasteiger partial charge in [-0.15, -0.1) is 10.2 Å². The van der Waals surface area contributed by atoms with Crippen molar-refractivity contribution in [3.05, 3.63) is 29.8 Å². The van der Waals surface area contributed by atoms with Crippen LogP contribution in [0.15, 0.2) is 22.7 Å². The minimum Gasteiger partial charge on any atom is -0.419 e. The Morgan fingerprint density at radius 1 is 1.39 bits per heavy atom. The van der Waals surface area contributed by atoms with E-state index in [9.17, 15) is 0 Å². The topological polar surface area (TPSA) is 63.8 Å². The Bertz CT molecular complexity index is 533. The molecule has 0 radical (unpaired) electrons. The molecule has 0 saturated heterocycles. The van der Waals surface area contributed by atoms with Crippen LogP contribution in [0.2, 0.25) is 0 Å². The summed E-state index contributed by atoms with van der Waals surface area (Å²) in [4.78, 5) is 4.27. The first kappa shape index (κ1) is 11.3. The molecule has 1 saturated carbocycles. The van der Waals surface area contributed by atoms with Crippen LogP contribution in [-0.2, 0) is 6.42 Å². The maximum Gasteiger partial charge on any atom is 0.266 e. The fourth-order valence-electron chi connectivity index (χ4n) is 1.83. The summed E-state index contributed by atoms with van der Waals surface area (Å²) in [5.41, 5.74) is 1.82. The Hall–Kier alpha value is -1.75. The zero-order valence-corrected chi connectivity index (χ0v) is 10.4. The van der Waals surface area contributed by atoms with Gasteiger partial charge >= 0.3 is 0 Å². The van der Waals surface area contributed by atoms with E-state index in [1.54, 1.807) is 6.20 Å². The normalized spacial score (nSPS) is 14.9. The molecule has 2 aromatic heterocycles. The lowest BCUT2D eigenvalue weighted by Crippen LogP contribution is -2.19. The summed E-state index contributed by atoms with van der Waals surface area (Å²) >= 11 is 0. The highest BCUT2D eigenvalue weighted by atomic mass is 16.4. The van der Waals surface area contributed by atoms with Gasteiger partial charge in [-0.25, -0.2) is 0 Å². The van der Waals surface area contributed by atoms with Crippen molar-refractivity contribution in [3.63, 3.8) is 0 Å². The second-order valence-electron chi connectivity index (χ2n) is 4.65. The second-order valence-corrected chi connectivity index (χ2v) is 4.65. The van der Waals surface area contributed by atoms with E-state index in [4.69, 9.17) is 4.42 Å². The van der Waals surface area contributed by atoms with Gasteiger partial charge in [0.1, 0.15) is 5.69 Å². The average Bonchev–Trinajstić information content (AvgIpc) is 3.08. The van der Waals surface area contributed by atoms with Crippen molar-refractivity contribution in [3.8, 4) is 11.6 Å². The third kappa shape index (κ3) is 2.56. The number of nitrogens with zero attached hydrogens (tertiary/aromatic N) is 3. The molecular weight excluding hydrogens is 228 g/mol. The molecule has 2 aromatic rings. The van der Waals surface area contributed by atoms with Gasteiger partial charge < -0.3 is 9.73 Å². The zero-order valence-electron chi connectivity index (χ0n) is 10.4. The quantitative estimate of drug-likeness (QED) is 0.867. The third-order valence-electron chi connectivity index (χ3n) is 3.03. The fraction of sp³-hybridized carbons (Fsp3) is 0.462. The van der Waals surface area contributed by atoms with E-state index < -0.39 is 0 Å². The van der Waals surface area contributed by atoms with E-state index in [0.29, 0.717) is 17.8 Å². The first-order valence-electron chi connectivity index (χ1n) is 6.30. The summed E-state index contributed by atoms with van der Waals surface area (Å²) in [6, 6.07) is 4.60. The standard InChI is InChI=1S/C13H16N4O/c1-9-3-2-7-15-12(9)13-17-16-11(18-13)6-8-14-10-4-5-10/h2-3,7,10,14H,4-6,8H2,1H3. The van der Waals surface area contributed by atoms with E-state index >= 15 is 0 Å². The maximum atomic E-state index is 5.63. The van der Waals surface area contributed by atoms with E-state index in [1.165, 1.54) is 12.8 Å². The highest BCUT2D eigenvalue weighted by molar-refractivity contribution is 5.51. The second kappa shape index (κ2) is 4.86. The van der Waals surface area contributed by atoms with Gasteiger partial charge in [0.15, 0.2) is 0 Å². The Labute approximate surface area is 106 Å². The molecule has 0 aliphatic heterocycles. The van der Waals surface area contributed by atoms with Crippen LogP contribution >= 0.6 is 0 Å². The summed E-state index contributed by atoms with van der Waals surface area (Å²) in [6.07, 6.45) is 5.10. The van der Waals surface area contributed by atoms with Crippen LogP contribution in [0.5, 0.6) is 0 Å². The number of hydrogen-bond acceptors (Lipinski definition) is 5. The van der Waals surface area contributed by atoms with Gasteiger partial charge in [0.2, 0.25) is 5.89 Å². The van der Waals surface area contributed by atoms with Crippen molar-refractivity contribution in [2.24, 2.45) is 0 Å². The molecule has 1 N–H and O–H groups in total. The largest absolute Gasteiger partial charge is 0.419 e. The molecule has 3 rings (SSSR count).